The Morgan fingerprint density at radius 2 is 1.62 bits per heavy atom. The Bertz CT molecular complexity index is 1010. The fourth-order valence-electron chi connectivity index (χ4n) is 3.87. The van der Waals surface area contributed by atoms with Crippen molar-refractivity contribution in [3.05, 3.63) is 74.6 Å². The molecule has 0 saturated carbocycles. The lowest BCUT2D eigenvalue weighted by molar-refractivity contribution is -0.134. The number of amides is 2. The van der Waals surface area contributed by atoms with Gasteiger partial charge in [-0.15, -0.1) is 22.7 Å². The highest BCUT2D eigenvalue weighted by atomic mass is 32.1. The molecule has 2 amide bonds. The molecule has 1 aliphatic heterocycles. The van der Waals surface area contributed by atoms with Crippen LogP contribution in [0.25, 0.3) is 0 Å². The van der Waals surface area contributed by atoms with Crippen molar-refractivity contribution < 1.29 is 14.3 Å². The fraction of sp³-hybridized carbons (Fsp3) is 0.333. The van der Waals surface area contributed by atoms with Crippen molar-refractivity contribution in [1.29, 1.82) is 0 Å². The van der Waals surface area contributed by atoms with E-state index in [1.165, 1.54) is 16.2 Å². The SMILES string of the molecule is COc1ccccc1CN(CC(=O)N1CCN(C(=O)c2cccs2)CC1)Cc1cccs1. The van der Waals surface area contributed by atoms with Gasteiger partial charge in [-0.05, 0) is 29.0 Å². The van der Waals surface area contributed by atoms with E-state index in [9.17, 15) is 9.59 Å². The first-order valence-electron chi connectivity index (χ1n) is 10.6. The Morgan fingerprint density at radius 3 is 2.31 bits per heavy atom. The Kier molecular flexibility index (Phi) is 7.57. The van der Waals surface area contributed by atoms with Gasteiger partial charge in [0, 0.05) is 49.7 Å². The van der Waals surface area contributed by atoms with E-state index >= 15 is 0 Å². The lowest BCUT2D eigenvalue weighted by Gasteiger charge is -2.35. The molecule has 0 radical (unpaired) electrons. The van der Waals surface area contributed by atoms with Crippen molar-refractivity contribution in [1.82, 2.24) is 14.7 Å². The second kappa shape index (κ2) is 10.8. The fourth-order valence-corrected chi connectivity index (χ4v) is 5.31. The molecule has 168 valence electrons. The summed E-state index contributed by atoms with van der Waals surface area (Å²) in [4.78, 5) is 33.6. The summed E-state index contributed by atoms with van der Waals surface area (Å²) in [6.07, 6.45) is 0. The zero-order chi connectivity index (χ0) is 22.3. The van der Waals surface area contributed by atoms with Gasteiger partial charge in [-0.2, -0.15) is 0 Å². The van der Waals surface area contributed by atoms with Crippen LogP contribution in [0.15, 0.2) is 59.3 Å². The van der Waals surface area contributed by atoms with Crippen molar-refractivity contribution in [2.75, 3.05) is 39.8 Å². The average Bonchev–Trinajstić information content (AvgIpc) is 3.53. The molecule has 2 aromatic heterocycles. The lowest BCUT2D eigenvalue weighted by atomic mass is 10.2. The molecule has 0 spiro atoms. The van der Waals surface area contributed by atoms with E-state index in [0.717, 1.165) is 16.2 Å². The third-order valence-corrected chi connectivity index (χ3v) is 7.28. The predicted molar refractivity (Wildman–Crippen MR) is 128 cm³/mol. The first-order chi connectivity index (χ1) is 15.6. The first kappa shape index (κ1) is 22.5. The van der Waals surface area contributed by atoms with E-state index in [2.05, 4.69) is 16.3 Å². The molecular formula is C24H27N3O3S2. The molecule has 1 aliphatic rings. The van der Waals surface area contributed by atoms with Gasteiger partial charge in [0.25, 0.3) is 5.91 Å². The maximum absolute atomic E-state index is 13.1. The Labute approximate surface area is 196 Å². The van der Waals surface area contributed by atoms with Gasteiger partial charge in [0.05, 0.1) is 18.5 Å². The molecule has 4 rings (SSSR count). The number of para-hydroxylation sites is 1. The highest BCUT2D eigenvalue weighted by Crippen LogP contribution is 2.22. The maximum Gasteiger partial charge on any atom is 0.264 e. The second-order valence-corrected chi connectivity index (χ2v) is 9.67. The lowest BCUT2D eigenvalue weighted by Crippen LogP contribution is -2.52. The van der Waals surface area contributed by atoms with Gasteiger partial charge in [-0.25, -0.2) is 0 Å². The van der Waals surface area contributed by atoms with Crippen LogP contribution in [0.1, 0.15) is 20.1 Å². The quantitative estimate of drug-likeness (QED) is 0.504. The number of carbonyl (C=O) groups is 2. The number of methoxy groups -OCH3 is 1. The standard InChI is InChI=1S/C24H27N3O3S2/c1-30-21-8-3-2-6-19(21)16-25(17-20-7-4-14-31-20)18-23(28)26-10-12-27(13-11-26)24(29)22-9-5-15-32-22/h2-9,14-15H,10-13,16-18H2,1H3. The number of ether oxygens (including phenoxy) is 1. The van der Waals surface area contributed by atoms with Crippen LogP contribution in [0.5, 0.6) is 5.75 Å². The number of rotatable bonds is 8. The largest absolute Gasteiger partial charge is 0.496 e. The van der Waals surface area contributed by atoms with Gasteiger partial charge in [0.2, 0.25) is 5.91 Å². The van der Waals surface area contributed by atoms with Crippen LogP contribution in [-0.4, -0.2) is 66.3 Å². The average molecular weight is 470 g/mol. The van der Waals surface area contributed by atoms with Gasteiger partial charge in [-0.3, -0.25) is 14.5 Å². The van der Waals surface area contributed by atoms with Crippen molar-refractivity contribution in [2.45, 2.75) is 13.1 Å². The monoisotopic (exact) mass is 469 g/mol. The van der Waals surface area contributed by atoms with E-state index in [-0.39, 0.29) is 11.8 Å². The summed E-state index contributed by atoms with van der Waals surface area (Å²) in [6, 6.07) is 15.8. The normalized spacial score (nSPS) is 14.1. The molecular weight excluding hydrogens is 442 g/mol. The summed E-state index contributed by atoms with van der Waals surface area (Å²) in [7, 11) is 1.67. The summed E-state index contributed by atoms with van der Waals surface area (Å²) in [5.41, 5.74) is 1.06. The van der Waals surface area contributed by atoms with Crippen LogP contribution >= 0.6 is 22.7 Å². The summed E-state index contributed by atoms with van der Waals surface area (Å²) < 4.78 is 5.51. The number of piperazine rings is 1. The van der Waals surface area contributed by atoms with E-state index in [1.54, 1.807) is 18.4 Å². The van der Waals surface area contributed by atoms with Crippen molar-refractivity contribution in [3.8, 4) is 5.75 Å². The van der Waals surface area contributed by atoms with Gasteiger partial charge in [-0.1, -0.05) is 30.3 Å². The molecule has 0 bridgehead atoms. The highest BCUT2D eigenvalue weighted by Gasteiger charge is 2.26. The molecule has 0 atom stereocenters. The minimum atomic E-state index is 0.0580. The van der Waals surface area contributed by atoms with Crippen LogP contribution in [-0.2, 0) is 17.9 Å². The molecule has 0 unspecified atom stereocenters. The summed E-state index contributed by atoms with van der Waals surface area (Å²) in [5, 5.41) is 3.97. The molecule has 32 heavy (non-hydrogen) atoms. The minimum Gasteiger partial charge on any atom is -0.496 e. The van der Waals surface area contributed by atoms with Gasteiger partial charge in [0.1, 0.15) is 5.75 Å². The number of thiophene rings is 2. The molecule has 6 nitrogen and oxygen atoms in total. The van der Waals surface area contributed by atoms with E-state index < -0.39 is 0 Å². The number of nitrogens with zero attached hydrogens (tertiary/aromatic N) is 3. The minimum absolute atomic E-state index is 0.0580. The highest BCUT2D eigenvalue weighted by molar-refractivity contribution is 7.12. The number of hydrogen-bond acceptors (Lipinski definition) is 6. The van der Waals surface area contributed by atoms with Crippen LogP contribution < -0.4 is 4.74 Å². The summed E-state index contributed by atoms with van der Waals surface area (Å²) in [5.74, 6) is 0.985. The molecule has 3 aromatic rings. The summed E-state index contributed by atoms with van der Waals surface area (Å²) >= 11 is 3.15. The van der Waals surface area contributed by atoms with Crippen LogP contribution in [0.4, 0.5) is 0 Å². The van der Waals surface area contributed by atoms with Crippen molar-refractivity contribution >= 4 is 34.5 Å². The zero-order valence-corrected chi connectivity index (χ0v) is 19.7. The molecule has 0 N–H and O–H groups in total. The Morgan fingerprint density at radius 1 is 0.906 bits per heavy atom. The Hall–Kier alpha value is -2.68. The first-order valence-corrected chi connectivity index (χ1v) is 12.4. The van der Waals surface area contributed by atoms with Gasteiger partial charge in [0.15, 0.2) is 0 Å². The van der Waals surface area contributed by atoms with E-state index in [0.29, 0.717) is 45.8 Å². The van der Waals surface area contributed by atoms with Crippen molar-refractivity contribution in [3.63, 3.8) is 0 Å². The molecule has 1 saturated heterocycles. The molecule has 1 aromatic carbocycles. The zero-order valence-electron chi connectivity index (χ0n) is 18.1. The predicted octanol–water partition coefficient (Wildman–Crippen LogP) is 3.81. The molecule has 1 fully saturated rings. The van der Waals surface area contributed by atoms with Gasteiger partial charge < -0.3 is 14.5 Å². The number of hydrogen-bond donors (Lipinski definition) is 0. The molecule has 8 heteroatoms. The third-order valence-electron chi connectivity index (χ3n) is 5.56. The van der Waals surface area contributed by atoms with Crippen LogP contribution in [0.2, 0.25) is 0 Å². The van der Waals surface area contributed by atoms with Gasteiger partial charge >= 0.3 is 0 Å². The van der Waals surface area contributed by atoms with Crippen molar-refractivity contribution in [2.24, 2.45) is 0 Å². The topological polar surface area (TPSA) is 53.1 Å². The van der Waals surface area contributed by atoms with Crippen LogP contribution in [0, 0.1) is 0 Å². The molecule has 3 heterocycles. The second-order valence-electron chi connectivity index (χ2n) is 7.69. The smallest absolute Gasteiger partial charge is 0.264 e. The van der Waals surface area contributed by atoms with Crippen LogP contribution in [0.3, 0.4) is 0 Å². The number of benzene rings is 1. The maximum atomic E-state index is 13.1. The summed E-state index contributed by atoms with van der Waals surface area (Å²) in [6.45, 7) is 3.94. The number of carbonyl (C=O) groups excluding carboxylic acids is 2. The third kappa shape index (κ3) is 5.56. The molecule has 0 aliphatic carbocycles. The Balaban J connectivity index is 1.38. The van der Waals surface area contributed by atoms with E-state index in [4.69, 9.17) is 4.74 Å². The van der Waals surface area contributed by atoms with E-state index in [1.807, 2.05) is 57.6 Å².